The second kappa shape index (κ2) is 11.6. The van der Waals surface area contributed by atoms with Crippen molar-refractivity contribution in [3.63, 3.8) is 0 Å². The van der Waals surface area contributed by atoms with Gasteiger partial charge in [0.2, 0.25) is 0 Å². The van der Waals surface area contributed by atoms with Crippen molar-refractivity contribution in [3.05, 3.63) is 83.4 Å². The van der Waals surface area contributed by atoms with Gasteiger partial charge in [-0.25, -0.2) is 0 Å². The first-order valence-corrected chi connectivity index (χ1v) is 12.5. The summed E-state index contributed by atoms with van der Waals surface area (Å²) in [6, 6.07) is 20.1. The van der Waals surface area contributed by atoms with Crippen molar-refractivity contribution in [1.29, 1.82) is 0 Å². The van der Waals surface area contributed by atoms with E-state index in [-0.39, 0.29) is 36.4 Å². The first-order chi connectivity index (χ1) is 16.5. The number of aliphatic hydroxyl groups is 3. The van der Waals surface area contributed by atoms with Crippen molar-refractivity contribution in [2.24, 2.45) is 23.7 Å². The number of hydrogen-bond donors (Lipinski definition) is 3. The summed E-state index contributed by atoms with van der Waals surface area (Å²) in [6.07, 6.45) is 1.15. The van der Waals surface area contributed by atoms with Gasteiger partial charge in [-0.3, -0.25) is 0 Å². The molecule has 184 valence electrons. The highest BCUT2D eigenvalue weighted by Gasteiger charge is 2.54. The van der Waals surface area contributed by atoms with Crippen molar-refractivity contribution in [2.75, 3.05) is 6.61 Å². The van der Waals surface area contributed by atoms with E-state index >= 15 is 0 Å². The fourth-order valence-electron chi connectivity index (χ4n) is 6.10. The van der Waals surface area contributed by atoms with Crippen molar-refractivity contribution >= 4 is 0 Å². The highest BCUT2D eigenvalue weighted by atomic mass is 16.5. The van der Waals surface area contributed by atoms with Crippen LogP contribution in [0.3, 0.4) is 0 Å². The molecule has 0 amide bonds. The minimum atomic E-state index is -0.708. The van der Waals surface area contributed by atoms with Crippen LogP contribution in [-0.2, 0) is 22.7 Å². The predicted molar refractivity (Wildman–Crippen MR) is 132 cm³/mol. The summed E-state index contributed by atoms with van der Waals surface area (Å²) in [6.45, 7) is 5.00. The monoisotopic (exact) mass is 466 g/mol. The zero-order valence-electron chi connectivity index (χ0n) is 20.2. The molecule has 2 aliphatic rings. The summed E-state index contributed by atoms with van der Waals surface area (Å²) in [5, 5.41) is 32.1. The van der Waals surface area contributed by atoms with Crippen LogP contribution in [0, 0.1) is 23.7 Å². The van der Waals surface area contributed by atoms with Gasteiger partial charge in [0.05, 0.1) is 37.6 Å². The SMILES string of the molecule is C/C=C1/C2C(C[C@H](O)[C@@H]1CCO)[C@@H](O)[C@H](OCc1ccccc1)[C@H](C)[C@H]2OCc1ccccc1. The zero-order chi connectivity index (χ0) is 24.1. The Morgan fingerprint density at radius 3 is 1.97 bits per heavy atom. The number of allylic oxidation sites excluding steroid dienone is 1. The molecule has 2 unspecified atom stereocenters. The predicted octanol–water partition coefficient (Wildman–Crippen LogP) is 4.11. The van der Waals surface area contributed by atoms with Gasteiger partial charge in [0.25, 0.3) is 0 Å². The van der Waals surface area contributed by atoms with Gasteiger partial charge in [-0.2, -0.15) is 0 Å². The Kier molecular flexibility index (Phi) is 8.56. The highest BCUT2D eigenvalue weighted by Crippen LogP contribution is 2.50. The Morgan fingerprint density at radius 1 is 0.882 bits per heavy atom. The first-order valence-electron chi connectivity index (χ1n) is 12.5. The lowest BCUT2D eigenvalue weighted by molar-refractivity contribution is -0.198. The van der Waals surface area contributed by atoms with Gasteiger partial charge in [-0.1, -0.05) is 79.2 Å². The molecule has 5 heteroatoms. The van der Waals surface area contributed by atoms with E-state index in [1.165, 1.54) is 0 Å². The van der Waals surface area contributed by atoms with Gasteiger partial charge >= 0.3 is 0 Å². The number of aliphatic hydroxyl groups excluding tert-OH is 3. The molecule has 0 aliphatic heterocycles. The minimum Gasteiger partial charge on any atom is -0.396 e. The maximum absolute atomic E-state index is 11.5. The van der Waals surface area contributed by atoms with Crippen LogP contribution in [0.5, 0.6) is 0 Å². The highest BCUT2D eigenvalue weighted by molar-refractivity contribution is 5.23. The normalized spacial score (nSPS) is 34.7. The van der Waals surface area contributed by atoms with E-state index in [0.717, 1.165) is 16.7 Å². The van der Waals surface area contributed by atoms with E-state index in [0.29, 0.717) is 26.1 Å². The van der Waals surface area contributed by atoms with Crippen LogP contribution in [0.2, 0.25) is 0 Å². The number of ether oxygens (including phenoxy) is 2. The van der Waals surface area contributed by atoms with Gasteiger partial charge in [-0.05, 0) is 36.8 Å². The summed E-state index contributed by atoms with van der Waals surface area (Å²) in [5.74, 6) is -0.381. The molecule has 0 heterocycles. The third kappa shape index (κ3) is 5.29. The molecule has 0 bridgehead atoms. The lowest BCUT2D eigenvalue weighted by Gasteiger charge is -2.54. The van der Waals surface area contributed by atoms with E-state index < -0.39 is 18.3 Å². The summed E-state index contributed by atoms with van der Waals surface area (Å²) in [7, 11) is 0. The Bertz CT molecular complexity index is 915. The second-order valence-electron chi connectivity index (χ2n) is 9.77. The molecule has 0 aromatic heterocycles. The van der Waals surface area contributed by atoms with Gasteiger partial charge in [0, 0.05) is 24.4 Å². The second-order valence-corrected chi connectivity index (χ2v) is 9.77. The molecule has 2 fully saturated rings. The van der Waals surface area contributed by atoms with Gasteiger partial charge in [-0.15, -0.1) is 0 Å². The van der Waals surface area contributed by atoms with E-state index in [2.05, 4.69) is 25.1 Å². The lowest BCUT2D eigenvalue weighted by atomic mass is 9.58. The summed E-state index contributed by atoms with van der Waals surface area (Å²) < 4.78 is 12.9. The summed E-state index contributed by atoms with van der Waals surface area (Å²) in [5.41, 5.74) is 3.25. The number of fused-ring (bicyclic) bond motifs is 1. The Morgan fingerprint density at radius 2 is 1.44 bits per heavy atom. The van der Waals surface area contributed by atoms with Crippen LogP contribution in [0.25, 0.3) is 0 Å². The van der Waals surface area contributed by atoms with E-state index in [9.17, 15) is 15.3 Å². The number of hydrogen-bond acceptors (Lipinski definition) is 5. The molecule has 2 aromatic carbocycles. The lowest BCUT2D eigenvalue weighted by Crippen LogP contribution is -2.60. The molecule has 5 nitrogen and oxygen atoms in total. The molecule has 0 spiro atoms. The zero-order valence-corrected chi connectivity index (χ0v) is 20.2. The van der Waals surface area contributed by atoms with Gasteiger partial charge < -0.3 is 24.8 Å². The largest absolute Gasteiger partial charge is 0.396 e. The molecule has 34 heavy (non-hydrogen) atoms. The Labute approximate surface area is 203 Å². The molecular weight excluding hydrogens is 428 g/mol. The molecular formula is C29H38O5. The van der Waals surface area contributed by atoms with Gasteiger partial charge in [0.15, 0.2) is 0 Å². The maximum atomic E-state index is 11.5. The van der Waals surface area contributed by atoms with Crippen LogP contribution in [0.4, 0.5) is 0 Å². The van der Waals surface area contributed by atoms with E-state index in [1.54, 1.807) is 0 Å². The van der Waals surface area contributed by atoms with E-state index in [1.807, 2.05) is 55.5 Å². The summed E-state index contributed by atoms with van der Waals surface area (Å²) in [4.78, 5) is 0. The Hall–Kier alpha value is -2.02. The molecule has 0 saturated heterocycles. The molecule has 8 atom stereocenters. The molecule has 0 radical (unpaired) electrons. The smallest absolute Gasteiger partial charge is 0.0891 e. The molecule has 2 aromatic rings. The van der Waals surface area contributed by atoms with Crippen LogP contribution in [-0.4, -0.2) is 46.3 Å². The van der Waals surface area contributed by atoms with Crippen LogP contribution < -0.4 is 0 Å². The van der Waals surface area contributed by atoms with E-state index in [4.69, 9.17) is 9.47 Å². The van der Waals surface area contributed by atoms with Crippen LogP contribution in [0.1, 0.15) is 37.8 Å². The third-order valence-corrected chi connectivity index (χ3v) is 7.76. The minimum absolute atomic E-state index is 0.0207. The first kappa shape index (κ1) is 25.1. The van der Waals surface area contributed by atoms with Crippen molar-refractivity contribution in [3.8, 4) is 0 Å². The quantitative estimate of drug-likeness (QED) is 0.511. The number of rotatable bonds is 8. The fraction of sp³-hybridized carbons (Fsp3) is 0.517. The van der Waals surface area contributed by atoms with Crippen molar-refractivity contribution < 1.29 is 24.8 Å². The molecule has 4 rings (SSSR count). The van der Waals surface area contributed by atoms with Crippen molar-refractivity contribution in [2.45, 2.75) is 64.3 Å². The van der Waals surface area contributed by atoms with Crippen molar-refractivity contribution in [1.82, 2.24) is 0 Å². The third-order valence-electron chi connectivity index (χ3n) is 7.76. The Balaban J connectivity index is 1.62. The fourth-order valence-corrected chi connectivity index (χ4v) is 6.10. The average molecular weight is 467 g/mol. The molecule has 2 aliphatic carbocycles. The van der Waals surface area contributed by atoms with Gasteiger partial charge in [0.1, 0.15) is 0 Å². The topological polar surface area (TPSA) is 79.2 Å². The standard InChI is InChI=1S/C29H38O5/c1-3-22-23(14-15-30)25(31)16-24-26(22)28(33-17-20-10-6-4-7-11-20)19(2)29(27(24)32)34-18-21-12-8-5-9-13-21/h3-13,19,23-32H,14-18H2,1-2H3/b22-3+/t19-,23-,24?,25+,26?,27-,28-,29-/m1/s1. The summed E-state index contributed by atoms with van der Waals surface area (Å²) >= 11 is 0. The van der Waals surface area contributed by atoms with Crippen LogP contribution in [0.15, 0.2) is 72.3 Å². The number of benzene rings is 2. The average Bonchev–Trinajstić information content (AvgIpc) is 2.86. The molecule has 3 N–H and O–H groups in total. The molecule has 2 saturated carbocycles. The maximum Gasteiger partial charge on any atom is 0.0891 e. The van der Waals surface area contributed by atoms with Crippen LogP contribution >= 0.6 is 0 Å².